The molecule has 0 aliphatic rings. The SMILES string of the molecule is CCCOc1cc(Cl)c(C=NNc2nc(C)cs2)cc1OC. The van der Waals surface area contributed by atoms with Crippen LogP contribution in [0.15, 0.2) is 22.6 Å². The van der Waals surface area contributed by atoms with Crippen LogP contribution in [0.2, 0.25) is 5.02 Å². The van der Waals surface area contributed by atoms with Crippen molar-refractivity contribution >= 4 is 34.3 Å². The van der Waals surface area contributed by atoms with E-state index in [9.17, 15) is 0 Å². The van der Waals surface area contributed by atoms with Gasteiger partial charge in [-0.15, -0.1) is 11.3 Å². The van der Waals surface area contributed by atoms with E-state index in [1.54, 1.807) is 25.5 Å². The quantitative estimate of drug-likeness (QED) is 0.602. The third-order valence-electron chi connectivity index (χ3n) is 2.73. The molecule has 5 nitrogen and oxygen atoms in total. The summed E-state index contributed by atoms with van der Waals surface area (Å²) in [5.41, 5.74) is 4.57. The number of nitrogens with one attached hydrogen (secondary N) is 1. The molecular weight excluding hydrogens is 322 g/mol. The first-order valence-corrected chi connectivity index (χ1v) is 8.11. The molecule has 0 saturated carbocycles. The van der Waals surface area contributed by atoms with E-state index < -0.39 is 0 Å². The summed E-state index contributed by atoms with van der Waals surface area (Å²) in [5.74, 6) is 1.26. The molecule has 2 rings (SSSR count). The van der Waals surface area contributed by atoms with Crippen LogP contribution in [0.4, 0.5) is 5.13 Å². The summed E-state index contributed by atoms with van der Waals surface area (Å²) < 4.78 is 10.9. The topological polar surface area (TPSA) is 55.7 Å². The minimum absolute atomic E-state index is 0.549. The molecule has 22 heavy (non-hydrogen) atoms. The summed E-state index contributed by atoms with van der Waals surface area (Å²) in [6, 6.07) is 3.54. The molecule has 0 unspecified atom stereocenters. The summed E-state index contributed by atoms with van der Waals surface area (Å²) in [6.07, 6.45) is 2.55. The molecule has 0 radical (unpaired) electrons. The molecular formula is C15H18ClN3O2S. The second kappa shape index (κ2) is 8.00. The molecule has 1 N–H and O–H groups in total. The van der Waals surface area contributed by atoms with E-state index in [0.29, 0.717) is 23.1 Å². The molecule has 0 aliphatic heterocycles. The van der Waals surface area contributed by atoms with E-state index in [4.69, 9.17) is 21.1 Å². The van der Waals surface area contributed by atoms with Crippen LogP contribution in [0.1, 0.15) is 24.6 Å². The van der Waals surface area contributed by atoms with Crippen LogP contribution in [0.5, 0.6) is 11.5 Å². The summed E-state index contributed by atoms with van der Waals surface area (Å²) >= 11 is 7.75. The Labute approximate surface area is 138 Å². The molecule has 0 fully saturated rings. The number of aryl methyl sites for hydroxylation is 1. The molecule has 0 spiro atoms. The first-order valence-electron chi connectivity index (χ1n) is 6.85. The smallest absolute Gasteiger partial charge is 0.203 e. The average molecular weight is 340 g/mol. The maximum atomic E-state index is 6.26. The lowest BCUT2D eigenvalue weighted by molar-refractivity contribution is 0.294. The lowest BCUT2D eigenvalue weighted by Gasteiger charge is -2.11. The van der Waals surface area contributed by atoms with Gasteiger partial charge in [0.25, 0.3) is 0 Å². The zero-order valence-corrected chi connectivity index (χ0v) is 14.3. The van der Waals surface area contributed by atoms with Gasteiger partial charge in [0.1, 0.15) is 0 Å². The fourth-order valence-corrected chi connectivity index (χ4v) is 2.54. The van der Waals surface area contributed by atoms with Gasteiger partial charge in [0.05, 0.1) is 30.6 Å². The number of halogens is 1. The van der Waals surface area contributed by atoms with Gasteiger partial charge < -0.3 is 9.47 Å². The van der Waals surface area contributed by atoms with E-state index in [2.05, 4.69) is 15.5 Å². The number of aromatic nitrogens is 1. The fraction of sp³-hybridized carbons (Fsp3) is 0.333. The van der Waals surface area contributed by atoms with Gasteiger partial charge in [0, 0.05) is 17.0 Å². The number of hydrazone groups is 1. The van der Waals surface area contributed by atoms with Crippen LogP contribution < -0.4 is 14.9 Å². The number of hydrogen-bond acceptors (Lipinski definition) is 6. The maximum Gasteiger partial charge on any atom is 0.203 e. The highest BCUT2D eigenvalue weighted by atomic mass is 35.5. The number of anilines is 1. The van der Waals surface area contributed by atoms with Crippen molar-refractivity contribution in [3.05, 3.63) is 33.8 Å². The molecule has 1 aromatic heterocycles. The zero-order chi connectivity index (χ0) is 15.9. The minimum atomic E-state index is 0.549. The molecule has 0 aliphatic carbocycles. The Morgan fingerprint density at radius 1 is 1.41 bits per heavy atom. The number of nitrogens with zero attached hydrogens (tertiary/aromatic N) is 2. The molecule has 0 saturated heterocycles. The highest BCUT2D eigenvalue weighted by molar-refractivity contribution is 7.13. The van der Waals surface area contributed by atoms with Crippen molar-refractivity contribution in [3.63, 3.8) is 0 Å². The van der Waals surface area contributed by atoms with Crippen LogP contribution in [-0.4, -0.2) is 24.9 Å². The molecule has 7 heteroatoms. The maximum absolute atomic E-state index is 6.26. The van der Waals surface area contributed by atoms with Gasteiger partial charge >= 0.3 is 0 Å². The predicted octanol–water partition coefficient (Wildman–Crippen LogP) is 4.35. The van der Waals surface area contributed by atoms with Crippen LogP contribution in [0.25, 0.3) is 0 Å². The number of rotatable bonds is 7. The van der Waals surface area contributed by atoms with E-state index in [-0.39, 0.29) is 0 Å². The molecule has 118 valence electrons. The van der Waals surface area contributed by atoms with Crippen molar-refractivity contribution in [3.8, 4) is 11.5 Å². The molecule has 1 aromatic carbocycles. The Kier molecular flexibility index (Phi) is 6.03. The Balaban J connectivity index is 2.13. The number of benzene rings is 1. The Morgan fingerprint density at radius 2 is 2.23 bits per heavy atom. The number of hydrogen-bond donors (Lipinski definition) is 1. The zero-order valence-electron chi connectivity index (χ0n) is 12.7. The number of ether oxygens (including phenoxy) is 2. The van der Waals surface area contributed by atoms with Crippen molar-refractivity contribution < 1.29 is 9.47 Å². The van der Waals surface area contributed by atoms with Gasteiger partial charge in [-0.05, 0) is 19.4 Å². The highest BCUT2D eigenvalue weighted by Crippen LogP contribution is 2.32. The lowest BCUT2D eigenvalue weighted by Crippen LogP contribution is -1.99. The van der Waals surface area contributed by atoms with Crippen LogP contribution in [0, 0.1) is 6.92 Å². The molecule has 0 bridgehead atoms. The third kappa shape index (κ3) is 4.35. The highest BCUT2D eigenvalue weighted by Gasteiger charge is 2.09. The first kappa shape index (κ1) is 16.6. The van der Waals surface area contributed by atoms with E-state index in [1.807, 2.05) is 19.2 Å². The normalized spacial score (nSPS) is 10.9. The van der Waals surface area contributed by atoms with Crippen molar-refractivity contribution in [2.45, 2.75) is 20.3 Å². The van der Waals surface area contributed by atoms with Crippen molar-refractivity contribution in [1.82, 2.24) is 4.98 Å². The van der Waals surface area contributed by atoms with Crippen molar-refractivity contribution in [2.24, 2.45) is 5.10 Å². The predicted molar refractivity (Wildman–Crippen MR) is 91.9 cm³/mol. The van der Waals surface area contributed by atoms with Crippen molar-refractivity contribution in [1.29, 1.82) is 0 Å². The summed E-state index contributed by atoms with van der Waals surface area (Å²) in [6.45, 7) is 4.59. The van der Waals surface area contributed by atoms with Gasteiger partial charge in [-0.2, -0.15) is 5.10 Å². The summed E-state index contributed by atoms with van der Waals surface area (Å²) in [7, 11) is 1.60. The van der Waals surface area contributed by atoms with Gasteiger partial charge in [-0.1, -0.05) is 18.5 Å². The lowest BCUT2D eigenvalue weighted by atomic mass is 10.2. The monoisotopic (exact) mass is 339 g/mol. The first-order chi connectivity index (χ1) is 10.6. The molecule has 0 atom stereocenters. The van der Waals surface area contributed by atoms with Crippen LogP contribution in [0.3, 0.4) is 0 Å². The Hall–Kier alpha value is -1.79. The number of methoxy groups -OCH3 is 1. The summed E-state index contributed by atoms with van der Waals surface area (Å²) in [5, 5.41) is 7.38. The second-order valence-corrected chi connectivity index (χ2v) is 5.80. The Bertz CT molecular complexity index is 658. The largest absolute Gasteiger partial charge is 0.493 e. The standard InChI is InChI=1S/C15H18ClN3O2S/c1-4-5-21-14-7-12(16)11(6-13(14)20-3)8-17-19-15-18-10(2)9-22-15/h6-9H,4-5H2,1-3H3,(H,18,19). The van der Waals surface area contributed by atoms with E-state index in [0.717, 1.165) is 22.8 Å². The van der Waals surface area contributed by atoms with Crippen molar-refractivity contribution in [2.75, 3.05) is 19.1 Å². The van der Waals surface area contributed by atoms with E-state index in [1.165, 1.54) is 11.3 Å². The third-order valence-corrected chi connectivity index (χ3v) is 3.92. The molecule has 0 amide bonds. The second-order valence-electron chi connectivity index (χ2n) is 4.54. The minimum Gasteiger partial charge on any atom is -0.493 e. The van der Waals surface area contributed by atoms with Crippen LogP contribution >= 0.6 is 22.9 Å². The van der Waals surface area contributed by atoms with Gasteiger partial charge in [-0.25, -0.2) is 4.98 Å². The average Bonchev–Trinajstić information content (AvgIpc) is 2.92. The van der Waals surface area contributed by atoms with Gasteiger partial charge in [0.2, 0.25) is 5.13 Å². The number of thiazole rings is 1. The molecule has 1 heterocycles. The summed E-state index contributed by atoms with van der Waals surface area (Å²) in [4.78, 5) is 4.26. The van der Waals surface area contributed by atoms with Crippen LogP contribution in [-0.2, 0) is 0 Å². The van der Waals surface area contributed by atoms with E-state index >= 15 is 0 Å². The molecule has 2 aromatic rings. The Morgan fingerprint density at radius 3 is 2.86 bits per heavy atom. The van der Waals surface area contributed by atoms with Gasteiger partial charge in [0.15, 0.2) is 11.5 Å². The van der Waals surface area contributed by atoms with Gasteiger partial charge in [-0.3, -0.25) is 5.43 Å². The fourth-order valence-electron chi connectivity index (χ4n) is 1.70.